The number of fused-ring (bicyclic) bond motifs is 3. The normalized spacial score (nSPS) is 18.3. The second-order valence-electron chi connectivity index (χ2n) is 5.13. The third-order valence-electron chi connectivity index (χ3n) is 3.78. The lowest BCUT2D eigenvalue weighted by Crippen LogP contribution is -2.12. The van der Waals surface area contributed by atoms with E-state index in [1.807, 2.05) is 6.20 Å². The Morgan fingerprint density at radius 2 is 2.37 bits per heavy atom. The van der Waals surface area contributed by atoms with E-state index >= 15 is 0 Å². The van der Waals surface area contributed by atoms with Crippen LogP contribution in [0.1, 0.15) is 34.1 Å². The first-order valence-corrected chi connectivity index (χ1v) is 7.20. The second kappa shape index (κ2) is 4.49. The Hall–Kier alpha value is -1.62. The van der Waals surface area contributed by atoms with Crippen LogP contribution in [0, 0.1) is 5.92 Å². The third kappa shape index (κ3) is 1.89. The maximum absolute atomic E-state index is 11.7. The molecule has 3 rings (SSSR count). The second-order valence-corrected chi connectivity index (χ2v) is 6.13. The minimum absolute atomic E-state index is 0.377. The third-order valence-corrected chi connectivity index (χ3v) is 4.88. The van der Waals surface area contributed by atoms with Crippen molar-refractivity contribution in [1.29, 1.82) is 0 Å². The van der Waals surface area contributed by atoms with E-state index in [0.29, 0.717) is 16.5 Å². The van der Waals surface area contributed by atoms with Crippen molar-refractivity contribution in [2.75, 3.05) is 12.8 Å². The molecule has 19 heavy (non-hydrogen) atoms. The van der Waals surface area contributed by atoms with Gasteiger partial charge in [-0.1, -0.05) is 6.92 Å². The maximum atomic E-state index is 11.7. The van der Waals surface area contributed by atoms with Gasteiger partial charge in [-0.3, -0.25) is 0 Å². The number of methoxy groups -OCH3 is 1. The summed E-state index contributed by atoms with van der Waals surface area (Å²) in [5.41, 5.74) is 9.23. The molecule has 0 radical (unpaired) electrons. The van der Waals surface area contributed by atoms with E-state index < -0.39 is 0 Å². The van der Waals surface area contributed by atoms with E-state index in [4.69, 9.17) is 10.5 Å². The van der Waals surface area contributed by atoms with Crippen LogP contribution in [0.25, 0.3) is 10.2 Å². The molecule has 4 nitrogen and oxygen atoms in total. The van der Waals surface area contributed by atoms with Crippen molar-refractivity contribution in [2.24, 2.45) is 5.92 Å². The van der Waals surface area contributed by atoms with E-state index in [9.17, 15) is 4.79 Å². The zero-order valence-electron chi connectivity index (χ0n) is 11.0. The number of carbonyl (C=O) groups is 1. The fourth-order valence-corrected chi connectivity index (χ4v) is 3.75. The van der Waals surface area contributed by atoms with Crippen molar-refractivity contribution >= 4 is 33.2 Å². The first-order chi connectivity index (χ1) is 9.11. The van der Waals surface area contributed by atoms with Gasteiger partial charge in [-0.05, 0) is 36.3 Å². The summed E-state index contributed by atoms with van der Waals surface area (Å²) in [7, 11) is 1.37. The number of pyridine rings is 1. The quantitative estimate of drug-likeness (QED) is 0.813. The first kappa shape index (κ1) is 12.4. The first-order valence-electron chi connectivity index (χ1n) is 6.38. The lowest BCUT2D eigenvalue weighted by atomic mass is 9.84. The van der Waals surface area contributed by atoms with Crippen molar-refractivity contribution in [3.8, 4) is 0 Å². The predicted molar refractivity (Wildman–Crippen MR) is 76.6 cm³/mol. The largest absolute Gasteiger partial charge is 0.465 e. The minimum atomic E-state index is -0.377. The monoisotopic (exact) mass is 276 g/mol. The number of anilines is 1. The molecule has 0 bridgehead atoms. The summed E-state index contributed by atoms with van der Waals surface area (Å²) in [6, 6.07) is 0. The summed E-state index contributed by atoms with van der Waals surface area (Å²) in [4.78, 5) is 17.5. The number of aryl methyl sites for hydroxylation is 1. The highest BCUT2D eigenvalue weighted by Gasteiger charge is 2.24. The maximum Gasteiger partial charge on any atom is 0.350 e. The van der Waals surface area contributed by atoms with Gasteiger partial charge in [-0.15, -0.1) is 11.3 Å². The Morgan fingerprint density at radius 3 is 3.11 bits per heavy atom. The molecule has 1 unspecified atom stereocenters. The number of rotatable bonds is 1. The summed E-state index contributed by atoms with van der Waals surface area (Å²) < 4.78 is 4.78. The van der Waals surface area contributed by atoms with Crippen LogP contribution in [-0.2, 0) is 17.6 Å². The smallest absolute Gasteiger partial charge is 0.350 e. The number of carbonyl (C=O) groups excluding carboxylic acids is 1. The van der Waals surface area contributed by atoms with Crippen LogP contribution >= 0.6 is 11.3 Å². The molecule has 2 N–H and O–H groups in total. The number of hydrogen-bond donors (Lipinski definition) is 1. The Labute approximate surface area is 115 Å². The molecule has 0 aromatic carbocycles. The van der Waals surface area contributed by atoms with Gasteiger partial charge < -0.3 is 10.5 Å². The molecule has 5 heteroatoms. The van der Waals surface area contributed by atoms with Gasteiger partial charge in [0.1, 0.15) is 9.71 Å². The van der Waals surface area contributed by atoms with Crippen LogP contribution in [0.3, 0.4) is 0 Å². The number of nitrogens with zero attached hydrogens (tertiary/aromatic N) is 1. The van der Waals surface area contributed by atoms with Gasteiger partial charge >= 0.3 is 5.97 Å². The Kier molecular flexibility index (Phi) is 2.93. The zero-order chi connectivity index (χ0) is 13.6. The molecular formula is C14H16N2O2S. The Bertz CT molecular complexity index is 663. The lowest BCUT2D eigenvalue weighted by Gasteiger charge is -2.21. The number of ether oxygens (including phenoxy) is 1. The molecule has 2 aromatic heterocycles. The van der Waals surface area contributed by atoms with Crippen LogP contribution in [0.15, 0.2) is 6.20 Å². The van der Waals surface area contributed by atoms with Gasteiger partial charge in [0.15, 0.2) is 0 Å². The van der Waals surface area contributed by atoms with E-state index in [-0.39, 0.29) is 5.97 Å². The van der Waals surface area contributed by atoms with Crippen LogP contribution in [0.5, 0.6) is 0 Å². The van der Waals surface area contributed by atoms with Crippen molar-refractivity contribution in [3.63, 3.8) is 0 Å². The van der Waals surface area contributed by atoms with Gasteiger partial charge in [0.2, 0.25) is 0 Å². The fourth-order valence-electron chi connectivity index (χ4n) is 2.73. The summed E-state index contributed by atoms with van der Waals surface area (Å²) >= 11 is 1.32. The summed E-state index contributed by atoms with van der Waals surface area (Å²) in [5.74, 6) is 0.275. The van der Waals surface area contributed by atoms with Crippen LogP contribution in [-0.4, -0.2) is 18.1 Å². The van der Waals surface area contributed by atoms with E-state index in [1.165, 1.54) is 36.0 Å². The molecule has 1 aliphatic carbocycles. The summed E-state index contributed by atoms with van der Waals surface area (Å²) in [6.07, 6.45) is 5.17. The molecule has 0 fully saturated rings. The van der Waals surface area contributed by atoms with Crippen molar-refractivity contribution in [2.45, 2.75) is 26.2 Å². The highest BCUT2D eigenvalue weighted by atomic mass is 32.1. The number of esters is 1. The van der Waals surface area contributed by atoms with Gasteiger partial charge in [0, 0.05) is 11.6 Å². The highest BCUT2D eigenvalue weighted by Crippen LogP contribution is 2.39. The highest BCUT2D eigenvalue weighted by molar-refractivity contribution is 7.21. The molecule has 100 valence electrons. The minimum Gasteiger partial charge on any atom is -0.465 e. The predicted octanol–water partition coefficient (Wildman–Crippen LogP) is 2.79. The molecule has 2 heterocycles. The summed E-state index contributed by atoms with van der Waals surface area (Å²) in [6.45, 7) is 2.25. The molecule has 0 aliphatic heterocycles. The number of nitrogen functional groups attached to an aromatic ring is 1. The van der Waals surface area contributed by atoms with Gasteiger partial charge in [0.25, 0.3) is 0 Å². The summed E-state index contributed by atoms with van der Waals surface area (Å²) in [5, 5.41) is 0.967. The standard InChI is InChI=1S/C14H16N2O2S/c1-7-3-4-8-6-16-13-10(9(8)5-7)11(15)12(19-13)14(17)18-2/h6-7H,3-5,15H2,1-2H3. The number of hydrogen-bond acceptors (Lipinski definition) is 5. The molecular weight excluding hydrogens is 260 g/mol. The van der Waals surface area contributed by atoms with Gasteiger partial charge in [-0.25, -0.2) is 9.78 Å². The van der Waals surface area contributed by atoms with E-state index in [2.05, 4.69) is 11.9 Å². The van der Waals surface area contributed by atoms with E-state index in [0.717, 1.165) is 23.1 Å². The topological polar surface area (TPSA) is 65.2 Å². The molecule has 2 aromatic rings. The molecule has 0 spiro atoms. The average molecular weight is 276 g/mol. The molecule has 1 atom stereocenters. The Morgan fingerprint density at radius 1 is 1.58 bits per heavy atom. The van der Waals surface area contributed by atoms with Crippen LogP contribution in [0.2, 0.25) is 0 Å². The lowest BCUT2D eigenvalue weighted by molar-refractivity contribution is 0.0607. The van der Waals surface area contributed by atoms with Crippen molar-refractivity contribution in [1.82, 2.24) is 4.98 Å². The van der Waals surface area contributed by atoms with Crippen molar-refractivity contribution in [3.05, 3.63) is 22.2 Å². The number of nitrogens with two attached hydrogens (primary N) is 1. The van der Waals surface area contributed by atoms with Gasteiger partial charge in [0.05, 0.1) is 12.8 Å². The van der Waals surface area contributed by atoms with Crippen LogP contribution < -0.4 is 5.73 Å². The molecule has 0 saturated carbocycles. The Balaban J connectivity index is 2.25. The molecule has 0 saturated heterocycles. The average Bonchev–Trinajstić information content (AvgIpc) is 2.75. The number of thiophene rings is 1. The van der Waals surface area contributed by atoms with Crippen molar-refractivity contribution < 1.29 is 9.53 Å². The van der Waals surface area contributed by atoms with E-state index in [1.54, 1.807) is 0 Å². The zero-order valence-corrected chi connectivity index (χ0v) is 11.8. The fraction of sp³-hybridized carbons (Fsp3) is 0.429. The molecule has 0 amide bonds. The molecule has 1 aliphatic rings. The van der Waals surface area contributed by atoms with Crippen LogP contribution in [0.4, 0.5) is 5.69 Å². The number of aromatic nitrogens is 1. The SMILES string of the molecule is COC(=O)c1sc2ncc3c(c2c1N)CC(C)CC3. The van der Waals surface area contributed by atoms with Gasteiger partial charge in [-0.2, -0.15) is 0 Å².